The van der Waals surface area contributed by atoms with Gasteiger partial charge in [-0.15, -0.1) is 0 Å². The topological polar surface area (TPSA) is 65.8 Å². The Bertz CT molecular complexity index is 1300. The van der Waals surface area contributed by atoms with Crippen LogP contribution >= 0.6 is 11.6 Å². The molecular formula is C26H29ClFN3O4. The van der Waals surface area contributed by atoms with Gasteiger partial charge in [0.05, 0.1) is 35.2 Å². The van der Waals surface area contributed by atoms with E-state index in [9.17, 15) is 4.79 Å². The maximum atomic E-state index is 15.2. The van der Waals surface area contributed by atoms with Crippen molar-refractivity contribution >= 4 is 17.5 Å². The maximum Gasteiger partial charge on any atom is 0.274 e. The first-order valence-corrected chi connectivity index (χ1v) is 11.7. The number of benzene rings is 2. The third kappa shape index (κ3) is 4.43. The van der Waals surface area contributed by atoms with Gasteiger partial charge >= 0.3 is 0 Å². The molecule has 2 heterocycles. The Labute approximate surface area is 209 Å². The predicted molar refractivity (Wildman–Crippen MR) is 132 cm³/mol. The van der Waals surface area contributed by atoms with E-state index in [4.69, 9.17) is 25.8 Å². The van der Waals surface area contributed by atoms with Gasteiger partial charge in [0.1, 0.15) is 18.2 Å². The van der Waals surface area contributed by atoms with Crippen molar-refractivity contribution in [3.63, 3.8) is 0 Å². The van der Waals surface area contributed by atoms with Crippen molar-refractivity contribution in [1.29, 1.82) is 0 Å². The molecule has 1 aromatic heterocycles. The minimum atomic E-state index is -0.620. The second-order valence-corrected chi connectivity index (χ2v) is 10.0. The number of carbonyl (C=O) groups is 1. The summed E-state index contributed by atoms with van der Waals surface area (Å²) in [6.07, 6.45) is -0.115. The molecule has 0 spiro atoms. The summed E-state index contributed by atoms with van der Waals surface area (Å²) in [5.74, 6) is 0.814. The van der Waals surface area contributed by atoms with Gasteiger partial charge in [0.25, 0.3) is 5.91 Å². The second kappa shape index (κ2) is 9.07. The van der Waals surface area contributed by atoms with E-state index in [1.807, 2.05) is 34.6 Å². The highest BCUT2D eigenvalue weighted by Gasteiger charge is 2.34. The second-order valence-electron chi connectivity index (χ2n) is 9.63. The maximum absolute atomic E-state index is 15.2. The number of ether oxygens (including phenoxy) is 3. The van der Waals surface area contributed by atoms with Gasteiger partial charge < -0.3 is 19.1 Å². The van der Waals surface area contributed by atoms with Crippen molar-refractivity contribution in [2.45, 2.75) is 52.9 Å². The van der Waals surface area contributed by atoms with Crippen molar-refractivity contribution in [2.24, 2.45) is 0 Å². The van der Waals surface area contributed by atoms with Crippen LogP contribution in [0.5, 0.6) is 17.2 Å². The van der Waals surface area contributed by atoms with E-state index >= 15 is 4.39 Å². The monoisotopic (exact) mass is 501 g/mol. The molecule has 0 unspecified atom stereocenters. The molecule has 0 N–H and O–H groups in total. The predicted octanol–water partition coefficient (Wildman–Crippen LogP) is 5.89. The fraction of sp³-hybridized carbons (Fsp3) is 0.385. The first-order valence-electron chi connectivity index (χ1n) is 11.3. The van der Waals surface area contributed by atoms with Crippen LogP contribution in [0.4, 0.5) is 4.39 Å². The lowest BCUT2D eigenvalue weighted by Gasteiger charge is -2.32. The summed E-state index contributed by atoms with van der Waals surface area (Å²) >= 11 is 6.10. The standard InChI is InChI=1S/C26H29ClFN3O4/c1-14(2)35-21-11-17-19(12-20(21)33-7)34-13-18-23(25(32)30(6)26(3,4)5)29-24(31(17)18)15-9-8-10-16(27)22(15)28/h8-12,14H,13H2,1-7H3. The number of hydrogen-bond donors (Lipinski definition) is 0. The molecule has 0 saturated carbocycles. The zero-order chi connectivity index (χ0) is 25.7. The quantitative estimate of drug-likeness (QED) is 0.436. The summed E-state index contributed by atoms with van der Waals surface area (Å²) in [5.41, 5.74) is 0.972. The first-order chi connectivity index (χ1) is 16.4. The number of nitrogens with zero attached hydrogens (tertiary/aromatic N) is 3. The Morgan fingerprint density at radius 2 is 1.97 bits per heavy atom. The van der Waals surface area contributed by atoms with E-state index in [0.717, 1.165) is 0 Å². The Morgan fingerprint density at radius 3 is 2.60 bits per heavy atom. The molecule has 2 aromatic carbocycles. The van der Waals surface area contributed by atoms with Crippen molar-refractivity contribution in [2.75, 3.05) is 14.2 Å². The highest BCUT2D eigenvalue weighted by molar-refractivity contribution is 6.31. The van der Waals surface area contributed by atoms with Crippen LogP contribution in [0.2, 0.25) is 5.02 Å². The van der Waals surface area contributed by atoms with E-state index in [2.05, 4.69) is 4.98 Å². The average molecular weight is 502 g/mol. The zero-order valence-electron chi connectivity index (χ0n) is 20.9. The van der Waals surface area contributed by atoms with Crippen LogP contribution in [0.3, 0.4) is 0 Å². The van der Waals surface area contributed by atoms with E-state index in [1.54, 1.807) is 47.9 Å². The van der Waals surface area contributed by atoms with Gasteiger partial charge in [-0.25, -0.2) is 9.37 Å². The van der Waals surface area contributed by atoms with Crippen molar-refractivity contribution < 1.29 is 23.4 Å². The van der Waals surface area contributed by atoms with Crippen molar-refractivity contribution in [3.05, 3.63) is 52.6 Å². The number of amides is 1. The Kier molecular flexibility index (Phi) is 6.44. The highest BCUT2D eigenvalue weighted by Crippen LogP contribution is 2.43. The van der Waals surface area contributed by atoms with Gasteiger partial charge in [-0.05, 0) is 46.8 Å². The third-order valence-corrected chi connectivity index (χ3v) is 6.18. The number of halogens is 2. The first kappa shape index (κ1) is 24.9. The molecular weight excluding hydrogens is 473 g/mol. The van der Waals surface area contributed by atoms with E-state index < -0.39 is 11.4 Å². The van der Waals surface area contributed by atoms with E-state index in [-0.39, 0.29) is 40.7 Å². The van der Waals surface area contributed by atoms with Gasteiger partial charge in [0, 0.05) is 24.7 Å². The molecule has 35 heavy (non-hydrogen) atoms. The largest absolute Gasteiger partial charge is 0.493 e. The van der Waals surface area contributed by atoms with Crippen LogP contribution in [0.15, 0.2) is 30.3 Å². The number of fused-ring (bicyclic) bond motifs is 3. The molecule has 4 rings (SSSR count). The molecule has 1 amide bonds. The van der Waals surface area contributed by atoms with Crippen LogP contribution in [-0.2, 0) is 6.61 Å². The summed E-state index contributed by atoms with van der Waals surface area (Å²) in [5, 5.41) is -0.0367. The molecule has 0 bridgehead atoms. The molecule has 3 aromatic rings. The summed E-state index contributed by atoms with van der Waals surface area (Å²) < 4.78 is 34.4. The Hall–Kier alpha value is -3.26. The van der Waals surface area contributed by atoms with Gasteiger partial charge in [-0.1, -0.05) is 17.7 Å². The van der Waals surface area contributed by atoms with Crippen LogP contribution in [0.25, 0.3) is 17.1 Å². The zero-order valence-corrected chi connectivity index (χ0v) is 21.7. The van der Waals surface area contributed by atoms with Crippen molar-refractivity contribution in [3.8, 4) is 34.3 Å². The Balaban J connectivity index is 2.01. The molecule has 186 valence electrons. The normalized spacial score (nSPS) is 12.6. The minimum Gasteiger partial charge on any atom is -0.493 e. The lowest BCUT2D eigenvalue weighted by Crippen LogP contribution is -2.43. The van der Waals surface area contributed by atoms with Crippen LogP contribution in [0, 0.1) is 5.82 Å². The molecule has 0 radical (unpaired) electrons. The number of hydrogen-bond acceptors (Lipinski definition) is 5. The number of imidazole rings is 1. The fourth-order valence-electron chi connectivity index (χ4n) is 3.81. The molecule has 1 aliphatic heterocycles. The minimum absolute atomic E-state index is 0.0367. The van der Waals surface area contributed by atoms with E-state index in [0.29, 0.717) is 28.6 Å². The SMILES string of the molecule is COc1cc2c(cc1OC(C)C)-n1c(-c3cccc(Cl)c3F)nc(C(=O)N(C)C(C)(C)C)c1CO2. The molecule has 0 saturated heterocycles. The van der Waals surface area contributed by atoms with Crippen LogP contribution in [-0.4, -0.2) is 46.2 Å². The molecule has 0 atom stereocenters. The van der Waals surface area contributed by atoms with Crippen LogP contribution in [0.1, 0.15) is 50.8 Å². The lowest BCUT2D eigenvalue weighted by atomic mass is 10.1. The van der Waals surface area contributed by atoms with Gasteiger partial charge in [0.2, 0.25) is 0 Å². The fourth-order valence-corrected chi connectivity index (χ4v) is 3.99. The summed E-state index contributed by atoms with van der Waals surface area (Å²) in [6, 6.07) is 8.18. The third-order valence-electron chi connectivity index (χ3n) is 5.89. The smallest absolute Gasteiger partial charge is 0.274 e. The van der Waals surface area contributed by atoms with Crippen LogP contribution < -0.4 is 14.2 Å². The molecule has 9 heteroatoms. The number of carbonyl (C=O) groups excluding carboxylic acids is 1. The molecule has 0 fully saturated rings. The Morgan fingerprint density at radius 1 is 1.26 bits per heavy atom. The van der Waals surface area contributed by atoms with Gasteiger partial charge in [-0.3, -0.25) is 9.36 Å². The number of rotatable bonds is 5. The van der Waals surface area contributed by atoms with E-state index in [1.165, 1.54) is 6.07 Å². The lowest BCUT2D eigenvalue weighted by molar-refractivity contribution is 0.0646. The van der Waals surface area contributed by atoms with Gasteiger partial charge in [0.15, 0.2) is 23.0 Å². The summed E-state index contributed by atoms with van der Waals surface area (Å²) in [4.78, 5) is 19.8. The highest BCUT2D eigenvalue weighted by atomic mass is 35.5. The number of methoxy groups -OCH3 is 1. The number of aromatic nitrogens is 2. The summed E-state index contributed by atoms with van der Waals surface area (Å²) in [7, 11) is 3.26. The summed E-state index contributed by atoms with van der Waals surface area (Å²) in [6.45, 7) is 9.67. The molecule has 0 aliphatic carbocycles. The van der Waals surface area contributed by atoms with Crippen molar-refractivity contribution in [1.82, 2.24) is 14.5 Å². The molecule has 7 nitrogen and oxygen atoms in total. The molecule has 1 aliphatic rings. The average Bonchev–Trinajstić information content (AvgIpc) is 3.18. The van der Waals surface area contributed by atoms with Gasteiger partial charge in [-0.2, -0.15) is 0 Å².